The summed E-state index contributed by atoms with van der Waals surface area (Å²) in [6, 6.07) is 13.0. The number of para-hydroxylation sites is 1. The molecule has 1 aromatic heterocycles. The number of allylic oxidation sites excluding steroid dienone is 1. The molecule has 0 saturated heterocycles. The molecule has 0 saturated carbocycles. The molecule has 4 nitrogen and oxygen atoms in total. The smallest absolute Gasteiger partial charge is 0.262 e. The molecule has 5 heteroatoms. The zero-order valence-electron chi connectivity index (χ0n) is 15.7. The van der Waals surface area contributed by atoms with Crippen LogP contribution in [0, 0.1) is 13.8 Å². The van der Waals surface area contributed by atoms with Gasteiger partial charge in [0.1, 0.15) is 0 Å². The molecular formula is C22H22N2O2S. The lowest BCUT2D eigenvalue weighted by atomic mass is 10.0. The third-order valence-electron chi connectivity index (χ3n) is 4.58. The molecule has 0 bridgehead atoms. The van der Waals surface area contributed by atoms with Gasteiger partial charge in [-0.25, -0.2) is 4.98 Å². The van der Waals surface area contributed by atoms with Gasteiger partial charge in [0.15, 0.2) is 10.9 Å². The van der Waals surface area contributed by atoms with Crippen molar-refractivity contribution < 1.29 is 4.79 Å². The predicted molar refractivity (Wildman–Crippen MR) is 112 cm³/mol. The van der Waals surface area contributed by atoms with E-state index in [4.69, 9.17) is 0 Å². The normalized spacial score (nSPS) is 12.1. The van der Waals surface area contributed by atoms with Crippen LogP contribution in [0.2, 0.25) is 0 Å². The predicted octanol–water partition coefficient (Wildman–Crippen LogP) is 4.56. The monoisotopic (exact) mass is 378 g/mol. The van der Waals surface area contributed by atoms with E-state index in [1.54, 1.807) is 16.7 Å². The van der Waals surface area contributed by atoms with E-state index < -0.39 is 0 Å². The number of nitrogens with zero attached hydrogens (tertiary/aromatic N) is 2. The largest absolute Gasteiger partial charge is 0.293 e. The lowest BCUT2D eigenvalue weighted by Gasteiger charge is -2.15. The Morgan fingerprint density at radius 1 is 1.22 bits per heavy atom. The van der Waals surface area contributed by atoms with Crippen molar-refractivity contribution in [2.75, 3.05) is 0 Å². The topological polar surface area (TPSA) is 52.0 Å². The number of Topliss-reactive ketones (excluding diaryl/α,β-unsaturated/α-hetero) is 1. The first-order valence-electron chi connectivity index (χ1n) is 8.81. The second kappa shape index (κ2) is 7.92. The van der Waals surface area contributed by atoms with Crippen molar-refractivity contribution in [3.05, 3.63) is 82.2 Å². The van der Waals surface area contributed by atoms with Crippen molar-refractivity contribution in [2.24, 2.45) is 0 Å². The molecule has 27 heavy (non-hydrogen) atoms. The van der Waals surface area contributed by atoms with Gasteiger partial charge in [-0.2, -0.15) is 0 Å². The quantitative estimate of drug-likeness (QED) is 0.273. The fraction of sp³-hybridized carbons (Fsp3) is 0.227. The summed E-state index contributed by atoms with van der Waals surface area (Å²) >= 11 is 1.31. The first kappa shape index (κ1) is 19.1. The minimum Gasteiger partial charge on any atom is -0.293 e. The number of fused-ring (bicyclic) bond motifs is 1. The number of thioether (sulfide) groups is 1. The number of hydrogen-bond acceptors (Lipinski definition) is 4. The van der Waals surface area contributed by atoms with Gasteiger partial charge < -0.3 is 0 Å². The van der Waals surface area contributed by atoms with Gasteiger partial charge in [0, 0.05) is 12.1 Å². The Labute approximate surface area is 162 Å². The molecule has 1 atom stereocenters. The van der Waals surface area contributed by atoms with Gasteiger partial charge in [-0.05, 0) is 50.1 Å². The molecule has 0 amide bonds. The summed E-state index contributed by atoms with van der Waals surface area (Å²) in [5, 5.41) is 0.733. The van der Waals surface area contributed by atoms with E-state index in [-0.39, 0.29) is 16.6 Å². The third-order valence-corrected chi connectivity index (χ3v) is 5.67. The molecule has 0 N–H and O–H groups in total. The first-order chi connectivity index (χ1) is 12.9. The zero-order chi connectivity index (χ0) is 19.6. The van der Waals surface area contributed by atoms with Crippen LogP contribution in [0.25, 0.3) is 10.9 Å². The molecule has 0 radical (unpaired) electrons. The van der Waals surface area contributed by atoms with Crippen LogP contribution in [0.1, 0.15) is 28.4 Å². The standard InChI is InChI=1S/C22H22N2O2S/c1-5-12-24-21(26)18-8-6-7-9-19(18)23-22(24)27-16(4)20(25)17-11-10-14(2)15(3)13-17/h5-11,13,16H,1,12H2,2-4H3. The number of ketones is 1. The summed E-state index contributed by atoms with van der Waals surface area (Å²) in [4.78, 5) is 30.3. The van der Waals surface area contributed by atoms with Gasteiger partial charge in [-0.15, -0.1) is 6.58 Å². The van der Waals surface area contributed by atoms with Gasteiger partial charge in [-0.3, -0.25) is 14.2 Å². The van der Waals surface area contributed by atoms with Gasteiger partial charge in [0.05, 0.1) is 16.2 Å². The van der Waals surface area contributed by atoms with E-state index in [9.17, 15) is 9.59 Å². The van der Waals surface area contributed by atoms with Crippen LogP contribution in [0.5, 0.6) is 0 Å². The van der Waals surface area contributed by atoms with Crippen LogP contribution in [0.15, 0.2) is 65.1 Å². The zero-order valence-corrected chi connectivity index (χ0v) is 16.5. The Kier molecular flexibility index (Phi) is 5.61. The van der Waals surface area contributed by atoms with E-state index in [2.05, 4.69) is 11.6 Å². The molecule has 0 aliphatic heterocycles. The molecule has 3 aromatic rings. The number of carbonyl (C=O) groups is 1. The average Bonchev–Trinajstić information content (AvgIpc) is 2.66. The molecule has 0 spiro atoms. The summed E-state index contributed by atoms with van der Waals surface area (Å²) < 4.78 is 1.57. The van der Waals surface area contributed by atoms with Crippen LogP contribution in [0.4, 0.5) is 0 Å². The minimum absolute atomic E-state index is 0.0238. The Bertz CT molecular complexity index is 1090. The number of carbonyl (C=O) groups excluding carboxylic acids is 1. The Balaban J connectivity index is 1.98. The Morgan fingerprint density at radius 3 is 2.67 bits per heavy atom. The maximum absolute atomic E-state index is 12.9. The van der Waals surface area contributed by atoms with Crippen molar-refractivity contribution in [2.45, 2.75) is 37.7 Å². The summed E-state index contributed by atoms with van der Waals surface area (Å²) in [5.74, 6) is 0.0238. The lowest BCUT2D eigenvalue weighted by molar-refractivity contribution is 0.0993. The Morgan fingerprint density at radius 2 is 1.96 bits per heavy atom. The van der Waals surface area contributed by atoms with Crippen LogP contribution >= 0.6 is 11.8 Å². The summed E-state index contributed by atoms with van der Waals surface area (Å²) in [5.41, 5.74) is 3.44. The number of hydrogen-bond donors (Lipinski definition) is 0. The van der Waals surface area contributed by atoms with Crippen LogP contribution in [-0.4, -0.2) is 20.6 Å². The molecule has 138 valence electrons. The number of aromatic nitrogens is 2. The van der Waals surface area contributed by atoms with Crippen molar-refractivity contribution >= 4 is 28.4 Å². The maximum Gasteiger partial charge on any atom is 0.262 e. The minimum atomic E-state index is -0.365. The van der Waals surface area contributed by atoms with E-state index in [1.165, 1.54) is 11.8 Å². The third kappa shape index (κ3) is 3.88. The lowest BCUT2D eigenvalue weighted by Crippen LogP contribution is -2.24. The summed E-state index contributed by atoms with van der Waals surface area (Å²) in [6.45, 7) is 9.95. The molecule has 0 fully saturated rings. The fourth-order valence-corrected chi connectivity index (χ4v) is 3.86. The van der Waals surface area contributed by atoms with E-state index >= 15 is 0 Å². The maximum atomic E-state index is 12.9. The summed E-state index contributed by atoms with van der Waals surface area (Å²) in [6.07, 6.45) is 1.66. The van der Waals surface area contributed by atoms with Crippen molar-refractivity contribution in [3.63, 3.8) is 0 Å². The van der Waals surface area contributed by atoms with Gasteiger partial charge in [0.2, 0.25) is 0 Å². The number of rotatable bonds is 6. The van der Waals surface area contributed by atoms with Gasteiger partial charge in [0.25, 0.3) is 5.56 Å². The molecule has 1 heterocycles. The highest BCUT2D eigenvalue weighted by Gasteiger charge is 2.20. The molecule has 3 rings (SSSR count). The first-order valence-corrected chi connectivity index (χ1v) is 9.69. The molecular weight excluding hydrogens is 356 g/mol. The van der Waals surface area contributed by atoms with Crippen molar-refractivity contribution in [1.29, 1.82) is 0 Å². The average molecular weight is 378 g/mol. The van der Waals surface area contributed by atoms with Crippen LogP contribution in [0.3, 0.4) is 0 Å². The Hall–Kier alpha value is -2.66. The van der Waals surface area contributed by atoms with Crippen LogP contribution in [-0.2, 0) is 6.54 Å². The van der Waals surface area contributed by atoms with E-state index in [0.29, 0.717) is 28.2 Å². The highest BCUT2D eigenvalue weighted by Crippen LogP contribution is 2.25. The van der Waals surface area contributed by atoms with Crippen LogP contribution < -0.4 is 5.56 Å². The molecule has 0 aliphatic carbocycles. The van der Waals surface area contributed by atoms with E-state index in [0.717, 1.165) is 11.1 Å². The second-order valence-corrected chi connectivity index (χ2v) is 7.85. The molecule has 2 aromatic carbocycles. The number of aryl methyl sites for hydroxylation is 2. The van der Waals surface area contributed by atoms with Crippen molar-refractivity contribution in [1.82, 2.24) is 9.55 Å². The van der Waals surface area contributed by atoms with Gasteiger partial charge in [-0.1, -0.05) is 42.1 Å². The summed E-state index contributed by atoms with van der Waals surface area (Å²) in [7, 11) is 0. The van der Waals surface area contributed by atoms with Gasteiger partial charge >= 0.3 is 0 Å². The van der Waals surface area contributed by atoms with E-state index in [1.807, 2.05) is 57.2 Å². The highest BCUT2D eigenvalue weighted by atomic mass is 32.2. The number of benzene rings is 2. The SMILES string of the molecule is C=CCn1c(SC(C)C(=O)c2ccc(C)c(C)c2)nc2ccccc2c1=O. The molecule has 1 unspecified atom stereocenters. The fourth-order valence-electron chi connectivity index (χ4n) is 2.87. The van der Waals surface area contributed by atoms with Crippen molar-refractivity contribution in [3.8, 4) is 0 Å². The second-order valence-electron chi connectivity index (χ2n) is 6.54. The highest BCUT2D eigenvalue weighted by molar-refractivity contribution is 8.00. The molecule has 0 aliphatic rings.